The monoisotopic (exact) mass is 437 g/mol. The summed E-state index contributed by atoms with van der Waals surface area (Å²) in [5.41, 5.74) is -2.07. The number of anilines is 1. The molecule has 1 unspecified atom stereocenters. The average molecular weight is 438 g/mol. The number of hydrogen-bond donors (Lipinski definition) is 1. The third-order valence-corrected chi connectivity index (χ3v) is 6.02. The minimum absolute atomic E-state index is 0.318. The van der Waals surface area contributed by atoms with Crippen LogP contribution in [0, 0.1) is 0 Å². The second-order valence-electron chi connectivity index (χ2n) is 5.92. The van der Waals surface area contributed by atoms with Gasteiger partial charge in [0.2, 0.25) is 0 Å². The summed E-state index contributed by atoms with van der Waals surface area (Å²) in [7, 11) is -4.69. The fraction of sp³-hybridized carbons (Fsp3) is 0.250. The fourth-order valence-electron chi connectivity index (χ4n) is 2.69. The summed E-state index contributed by atoms with van der Waals surface area (Å²) in [5.74, 6) is -1.26. The van der Waals surface area contributed by atoms with E-state index in [-0.39, 0.29) is 16.5 Å². The van der Waals surface area contributed by atoms with Crippen molar-refractivity contribution in [2.24, 2.45) is 0 Å². The second kappa shape index (κ2) is 6.89. The first-order valence-corrected chi connectivity index (χ1v) is 9.55. The molecule has 0 fully saturated rings. The van der Waals surface area contributed by atoms with Gasteiger partial charge in [-0.15, -0.1) is 0 Å². The number of aromatic nitrogens is 2. The first-order valence-electron chi connectivity index (χ1n) is 7.73. The molecule has 0 amide bonds. The lowest BCUT2D eigenvalue weighted by molar-refractivity contribution is -0.137. The normalized spacial score (nSPS) is 17.4. The molecule has 28 heavy (non-hydrogen) atoms. The largest absolute Gasteiger partial charge is 0.504 e. The van der Waals surface area contributed by atoms with Gasteiger partial charge in [-0.3, -0.25) is 0 Å². The fourth-order valence-corrected chi connectivity index (χ4v) is 4.73. The van der Waals surface area contributed by atoms with E-state index in [1.54, 1.807) is 0 Å². The van der Waals surface area contributed by atoms with Gasteiger partial charge in [0.1, 0.15) is 16.8 Å². The Labute approximate surface area is 162 Å². The molecule has 0 bridgehead atoms. The number of nitrogens with zero attached hydrogens (tertiary/aromatic N) is 3. The minimum atomic E-state index is -4.78. The Balaban J connectivity index is 2.34. The molecule has 2 aromatic rings. The molecule has 0 aliphatic carbocycles. The zero-order chi connectivity index (χ0) is 20.9. The van der Waals surface area contributed by atoms with Gasteiger partial charge in [0, 0.05) is 23.0 Å². The Morgan fingerprint density at radius 1 is 1.25 bits per heavy atom. The number of sulfonamides is 1. The van der Waals surface area contributed by atoms with Gasteiger partial charge in [0.05, 0.1) is 12.1 Å². The van der Waals surface area contributed by atoms with Crippen LogP contribution in [0.5, 0.6) is 0 Å². The van der Waals surface area contributed by atoms with Crippen molar-refractivity contribution in [3.63, 3.8) is 0 Å². The first kappa shape index (κ1) is 20.3. The van der Waals surface area contributed by atoms with Crippen LogP contribution in [-0.4, -0.2) is 36.2 Å². The minimum Gasteiger partial charge on any atom is -0.504 e. The first-order chi connectivity index (χ1) is 12.9. The smallest absolute Gasteiger partial charge is 0.416 e. The molecule has 1 aromatic heterocycles. The van der Waals surface area contributed by atoms with Crippen molar-refractivity contribution in [3.05, 3.63) is 52.4 Å². The Kier molecular flexibility index (Phi) is 5.00. The lowest BCUT2D eigenvalue weighted by Gasteiger charge is -2.30. The van der Waals surface area contributed by atoms with Crippen LogP contribution in [0.1, 0.15) is 23.7 Å². The lowest BCUT2D eigenvalue weighted by atomic mass is 10.1. The number of hydrogen-bond acceptors (Lipinski definition) is 5. The molecule has 1 aromatic carbocycles. The van der Waals surface area contributed by atoms with E-state index >= 15 is 0 Å². The van der Waals surface area contributed by atoms with Crippen molar-refractivity contribution < 1.29 is 31.1 Å². The lowest BCUT2D eigenvalue weighted by Crippen LogP contribution is -2.40. The van der Waals surface area contributed by atoms with E-state index in [9.17, 15) is 31.1 Å². The van der Waals surface area contributed by atoms with Crippen molar-refractivity contribution in [2.75, 3.05) is 10.8 Å². The number of aliphatic hydroxyl groups is 1. The molecule has 0 saturated carbocycles. The summed E-state index contributed by atoms with van der Waals surface area (Å²) in [5, 5.41) is 10.2. The Hall–Kier alpha value is -2.40. The zero-order valence-corrected chi connectivity index (χ0v) is 15.6. The van der Waals surface area contributed by atoms with Gasteiger partial charge in [-0.2, -0.15) is 13.2 Å². The maximum atomic E-state index is 13.6. The number of benzene rings is 1. The maximum Gasteiger partial charge on any atom is 0.416 e. The number of alkyl halides is 4. The van der Waals surface area contributed by atoms with E-state index in [0.717, 1.165) is 25.4 Å². The summed E-state index contributed by atoms with van der Waals surface area (Å²) in [4.78, 5) is 6.75. The van der Waals surface area contributed by atoms with Crippen LogP contribution in [0.4, 0.5) is 23.4 Å². The average Bonchev–Trinajstić information content (AvgIpc) is 2.59. The molecule has 6 nitrogen and oxygen atoms in total. The van der Waals surface area contributed by atoms with Crippen LogP contribution in [0.25, 0.3) is 10.7 Å². The molecule has 12 heteroatoms. The third-order valence-electron chi connectivity index (χ3n) is 3.86. The zero-order valence-electron chi connectivity index (χ0n) is 14.1. The van der Waals surface area contributed by atoms with E-state index in [1.165, 1.54) is 0 Å². The molecule has 0 radical (unpaired) electrons. The second-order valence-corrected chi connectivity index (χ2v) is 8.12. The van der Waals surface area contributed by atoms with Crippen molar-refractivity contribution in [3.8, 4) is 0 Å². The molecule has 1 aliphatic heterocycles. The van der Waals surface area contributed by atoms with Crippen molar-refractivity contribution in [2.45, 2.75) is 19.3 Å². The SMILES string of the molecule is CC(F)CN1c2nccnc2C(O)=C(c2cc(C(F)(F)F)ccc2Cl)S1(=O)=O. The molecule has 2 heterocycles. The molecule has 1 aliphatic rings. The summed E-state index contributed by atoms with van der Waals surface area (Å²) in [6, 6.07) is 2.04. The topological polar surface area (TPSA) is 83.4 Å². The summed E-state index contributed by atoms with van der Waals surface area (Å²) < 4.78 is 79.6. The molecule has 150 valence electrons. The predicted octanol–water partition coefficient (Wildman–Crippen LogP) is 4.04. The Bertz CT molecular complexity index is 1070. The molecule has 0 saturated heterocycles. The number of aliphatic hydroxyl groups excluding tert-OH is 1. The van der Waals surface area contributed by atoms with Crippen LogP contribution in [0.2, 0.25) is 5.02 Å². The highest BCUT2D eigenvalue weighted by atomic mass is 35.5. The van der Waals surface area contributed by atoms with Crippen LogP contribution in [-0.2, 0) is 16.2 Å². The molecule has 3 rings (SSSR count). The van der Waals surface area contributed by atoms with Crippen LogP contribution < -0.4 is 4.31 Å². The number of fused-ring (bicyclic) bond motifs is 1. The highest BCUT2D eigenvalue weighted by Crippen LogP contribution is 2.44. The molecule has 1 N–H and O–H groups in total. The van der Waals surface area contributed by atoms with E-state index in [2.05, 4.69) is 9.97 Å². The van der Waals surface area contributed by atoms with Gasteiger partial charge >= 0.3 is 6.18 Å². The summed E-state index contributed by atoms with van der Waals surface area (Å²) in [6.45, 7) is 0.419. The van der Waals surface area contributed by atoms with Gasteiger partial charge in [0.15, 0.2) is 11.6 Å². The van der Waals surface area contributed by atoms with E-state index < -0.39 is 50.7 Å². The van der Waals surface area contributed by atoms with Crippen molar-refractivity contribution in [1.29, 1.82) is 0 Å². The third kappa shape index (κ3) is 3.39. The maximum absolute atomic E-state index is 13.6. The summed E-state index contributed by atoms with van der Waals surface area (Å²) in [6.07, 6.45) is -4.13. The molecule has 0 spiro atoms. The number of halogens is 5. The van der Waals surface area contributed by atoms with Gasteiger partial charge in [-0.05, 0) is 25.1 Å². The van der Waals surface area contributed by atoms with Crippen LogP contribution in [0.15, 0.2) is 30.6 Å². The predicted molar refractivity (Wildman–Crippen MR) is 94.8 cm³/mol. The van der Waals surface area contributed by atoms with Gasteiger partial charge in [-0.1, -0.05) is 11.6 Å². The Morgan fingerprint density at radius 3 is 2.50 bits per heavy atom. The van der Waals surface area contributed by atoms with E-state index in [4.69, 9.17) is 11.6 Å². The number of rotatable bonds is 3. The van der Waals surface area contributed by atoms with Crippen molar-refractivity contribution >= 4 is 38.1 Å². The standard InChI is InChI=1S/C16H12ClF4N3O3S/c1-8(18)7-24-15-12(22-4-5-23-15)13(25)14(28(24,26)27)10-6-9(16(19,20)21)2-3-11(10)17/h2-6,8,25H,7H2,1H3. The van der Waals surface area contributed by atoms with E-state index in [1.807, 2.05) is 0 Å². The van der Waals surface area contributed by atoms with Crippen LogP contribution in [0.3, 0.4) is 0 Å². The van der Waals surface area contributed by atoms with Crippen molar-refractivity contribution in [1.82, 2.24) is 9.97 Å². The van der Waals surface area contributed by atoms with E-state index in [0.29, 0.717) is 16.4 Å². The highest BCUT2D eigenvalue weighted by Gasteiger charge is 2.42. The van der Waals surface area contributed by atoms with Gasteiger partial charge in [0.25, 0.3) is 10.0 Å². The molecular formula is C16H12ClF4N3O3S. The molecular weight excluding hydrogens is 426 g/mol. The molecule has 1 atom stereocenters. The van der Waals surface area contributed by atoms with Gasteiger partial charge < -0.3 is 5.11 Å². The highest BCUT2D eigenvalue weighted by molar-refractivity contribution is 8.02. The van der Waals surface area contributed by atoms with Gasteiger partial charge in [-0.25, -0.2) is 27.1 Å². The Morgan fingerprint density at radius 2 is 1.89 bits per heavy atom. The quantitative estimate of drug-likeness (QED) is 0.733. The van der Waals surface area contributed by atoms with Crippen LogP contribution >= 0.6 is 11.6 Å². The summed E-state index contributed by atoms with van der Waals surface area (Å²) >= 11 is 5.95.